The van der Waals surface area contributed by atoms with E-state index in [2.05, 4.69) is 28.5 Å². The summed E-state index contributed by atoms with van der Waals surface area (Å²) in [6.07, 6.45) is 2.69. The summed E-state index contributed by atoms with van der Waals surface area (Å²) in [6, 6.07) is 16.2. The number of piperidine rings is 1. The van der Waals surface area contributed by atoms with Crippen molar-refractivity contribution in [3.63, 3.8) is 0 Å². The maximum Gasteiger partial charge on any atom is 0.227 e. The molecule has 1 N–H and O–H groups in total. The molecular formula is C26H29N3O2S2. The van der Waals surface area contributed by atoms with Crippen LogP contribution in [0.2, 0.25) is 0 Å². The molecule has 5 nitrogen and oxygen atoms in total. The van der Waals surface area contributed by atoms with E-state index in [9.17, 15) is 9.59 Å². The van der Waals surface area contributed by atoms with Crippen LogP contribution in [0.15, 0.2) is 63.1 Å². The van der Waals surface area contributed by atoms with Gasteiger partial charge < -0.3 is 10.2 Å². The molecule has 4 rings (SSSR count). The van der Waals surface area contributed by atoms with E-state index in [1.165, 1.54) is 5.56 Å². The third kappa shape index (κ3) is 6.45. The van der Waals surface area contributed by atoms with Crippen LogP contribution in [0.1, 0.15) is 36.1 Å². The van der Waals surface area contributed by atoms with E-state index in [0.717, 1.165) is 32.6 Å². The number of nitrogens with one attached hydrogen (secondary N) is 1. The summed E-state index contributed by atoms with van der Waals surface area (Å²) in [7, 11) is 0. The van der Waals surface area contributed by atoms with Crippen LogP contribution in [0.5, 0.6) is 0 Å². The first-order valence-corrected chi connectivity index (χ1v) is 13.0. The second kappa shape index (κ2) is 11.0. The van der Waals surface area contributed by atoms with Crippen molar-refractivity contribution >= 4 is 40.6 Å². The van der Waals surface area contributed by atoms with Gasteiger partial charge in [-0.15, -0.1) is 11.3 Å². The number of rotatable bonds is 7. The number of likely N-dealkylation sites (tertiary alicyclic amines) is 1. The Kier molecular flexibility index (Phi) is 7.83. The van der Waals surface area contributed by atoms with E-state index in [1.54, 1.807) is 23.1 Å². The summed E-state index contributed by atoms with van der Waals surface area (Å²) in [5.74, 6) is 0.164. The molecule has 2 amide bonds. The molecular weight excluding hydrogens is 450 g/mol. The summed E-state index contributed by atoms with van der Waals surface area (Å²) in [4.78, 5) is 32.9. The van der Waals surface area contributed by atoms with Crippen molar-refractivity contribution in [1.29, 1.82) is 0 Å². The molecule has 0 saturated carbocycles. The molecule has 0 unspecified atom stereocenters. The molecule has 7 heteroatoms. The molecule has 33 heavy (non-hydrogen) atoms. The number of amides is 2. The van der Waals surface area contributed by atoms with Gasteiger partial charge >= 0.3 is 0 Å². The Bertz CT molecular complexity index is 1110. The Morgan fingerprint density at radius 1 is 1.12 bits per heavy atom. The fourth-order valence-electron chi connectivity index (χ4n) is 4.00. The van der Waals surface area contributed by atoms with Crippen molar-refractivity contribution < 1.29 is 9.59 Å². The first-order valence-electron chi connectivity index (χ1n) is 11.3. The van der Waals surface area contributed by atoms with E-state index < -0.39 is 0 Å². The average molecular weight is 480 g/mol. The summed E-state index contributed by atoms with van der Waals surface area (Å²) >= 11 is 3.28. The normalized spacial score (nSPS) is 14.3. The van der Waals surface area contributed by atoms with Crippen molar-refractivity contribution in [3.8, 4) is 0 Å². The zero-order chi connectivity index (χ0) is 23.2. The number of aromatic nitrogens is 1. The van der Waals surface area contributed by atoms with Crippen LogP contribution in [-0.4, -0.2) is 34.8 Å². The van der Waals surface area contributed by atoms with Gasteiger partial charge in [-0.2, -0.15) is 0 Å². The van der Waals surface area contributed by atoms with Gasteiger partial charge in [0.1, 0.15) is 0 Å². The average Bonchev–Trinajstić information content (AvgIpc) is 3.24. The van der Waals surface area contributed by atoms with Gasteiger partial charge in [-0.05, 0) is 62.4 Å². The van der Waals surface area contributed by atoms with Gasteiger partial charge in [0, 0.05) is 47.1 Å². The minimum absolute atomic E-state index is 0.0467. The van der Waals surface area contributed by atoms with Crippen molar-refractivity contribution in [2.75, 3.05) is 18.4 Å². The zero-order valence-corrected chi connectivity index (χ0v) is 20.7. The second-order valence-electron chi connectivity index (χ2n) is 8.46. The van der Waals surface area contributed by atoms with Crippen LogP contribution in [-0.2, 0) is 16.0 Å². The van der Waals surface area contributed by atoms with Gasteiger partial charge in [0.05, 0.1) is 0 Å². The van der Waals surface area contributed by atoms with E-state index in [1.807, 2.05) is 54.5 Å². The minimum Gasteiger partial charge on any atom is -0.343 e. The highest BCUT2D eigenvalue weighted by Crippen LogP contribution is 2.32. The van der Waals surface area contributed by atoms with Crippen molar-refractivity contribution in [2.45, 2.75) is 48.8 Å². The molecule has 0 atom stereocenters. The number of carbonyl (C=O) groups is 2. The van der Waals surface area contributed by atoms with Gasteiger partial charge in [0.25, 0.3) is 0 Å². The van der Waals surface area contributed by atoms with Crippen LogP contribution in [0, 0.1) is 19.8 Å². The molecule has 0 radical (unpaired) electrons. The van der Waals surface area contributed by atoms with E-state index in [4.69, 9.17) is 0 Å². The Balaban J connectivity index is 1.25. The van der Waals surface area contributed by atoms with Crippen LogP contribution in [0.25, 0.3) is 0 Å². The smallest absolute Gasteiger partial charge is 0.227 e. The number of hydrogen-bond acceptors (Lipinski definition) is 5. The van der Waals surface area contributed by atoms with Gasteiger partial charge in [-0.25, -0.2) is 4.98 Å². The molecule has 1 aromatic heterocycles. The highest BCUT2D eigenvalue weighted by Gasteiger charge is 2.27. The molecule has 0 spiro atoms. The lowest BCUT2D eigenvalue weighted by atomic mass is 9.95. The number of nitrogens with zero attached hydrogens (tertiary/aromatic N) is 2. The van der Waals surface area contributed by atoms with Gasteiger partial charge in [0.15, 0.2) is 4.34 Å². The van der Waals surface area contributed by atoms with Crippen LogP contribution >= 0.6 is 23.1 Å². The van der Waals surface area contributed by atoms with Crippen LogP contribution < -0.4 is 5.32 Å². The van der Waals surface area contributed by atoms with Crippen molar-refractivity contribution in [2.24, 2.45) is 5.92 Å². The molecule has 1 fully saturated rings. The fourth-order valence-corrected chi connectivity index (χ4v) is 5.91. The van der Waals surface area contributed by atoms with Gasteiger partial charge in [-0.3, -0.25) is 9.59 Å². The van der Waals surface area contributed by atoms with Gasteiger partial charge in [-0.1, -0.05) is 42.1 Å². The van der Waals surface area contributed by atoms with Crippen molar-refractivity contribution in [3.05, 3.63) is 70.7 Å². The molecule has 1 aliphatic rings. The van der Waals surface area contributed by atoms with E-state index >= 15 is 0 Å². The number of hydrogen-bond donors (Lipinski definition) is 1. The third-order valence-corrected chi connectivity index (χ3v) is 7.99. The number of benzene rings is 2. The molecule has 1 saturated heterocycles. The topological polar surface area (TPSA) is 62.3 Å². The molecule has 3 aromatic rings. The largest absolute Gasteiger partial charge is 0.343 e. The standard InChI is InChI=1S/C26H29N3O2S2/c1-18-16-22(33-26-27-19(2)17-32-26)9-10-23(18)28-25(31)21-12-14-29(15-13-21)24(30)11-8-20-6-4-3-5-7-20/h3-7,9-10,16-17,21H,8,11-15H2,1-2H3,(H,28,31). The highest BCUT2D eigenvalue weighted by molar-refractivity contribution is 8.01. The lowest BCUT2D eigenvalue weighted by Crippen LogP contribution is -2.41. The molecule has 2 heterocycles. The van der Waals surface area contributed by atoms with Crippen molar-refractivity contribution in [1.82, 2.24) is 9.88 Å². The third-order valence-electron chi connectivity index (χ3n) is 5.95. The summed E-state index contributed by atoms with van der Waals surface area (Å²) in [5, 5.41) is 5.15. The number of aryl methyl sites for hydroxylation is 3. The molecule has 1 aliphatic heterocycles. The van der Waals surface area contributed by atoms with Crippen LogP contribution in [0.4, 0.5) is 5.69 Å². The first kappa shape index (κ1) is 23.5. The Hall–Kier alpha value is -2.64. The van der Waals surface area contributed by atoms with Crippen LogP contribution in [0.3, 0.4) is 0 Å². The monoisotopic (exact) mass is 479 g/mol. The molecule has 0 bridgehead atoms. The molecule has 0 aliphatic carbocycles. The maximum atomic E-state index is 12.9. The molecule has 172 valence electrons. The quantitative estimate of drug-likeness (QED) is 0.471. The predicted molar refractivity (Wildman–Crippen MR) is 135 cm³/mol. The Morgan fingerprint density at radius 2 is 1.88 bits per heavy atom. The van der Waals surface area contributed by atoms with E-state index in [-0.39, 0.29) is 17.7 Å². The summed E-state index contributed by atoms with van der Waals surface area (Å²) < 4.78 is 1.02. The second-order valence-corrected chi connectivity index (χ2v) is 10.6. The highest BCUT2D eigenvalue weighted by atomic mass is 32.2. The molecule has 2 aromatic carbocycles. The number of anilines is 1. The first-order chi connectivity index (χ1) is 16.0. The zero-order valence-electron chi connectivity index (χ0n) is 19.0. The Morgan fingerprint density at radius 3 is 2.55 bits per heavy atom. The fraction of sp³-hybridized carbons (Fsp3) is 0.346. The lowest BCUT2D eigenvalue weighted by Gasteiger charge is -2.31. The predicted octanol–water partition coefficient (Wildman–Crippen LogP) is 5.72. The number of thiazole rings is 1. The maximum absolute atomic E-state index is 12.9. The minimum atomic E-state index is -0.0603. The van der Waals surface area contributed by atoms with Gasteiger partial charge in [0.2, 0.25) is 11.8 Å². The van der Waals surface area contributed by atoms with E-state index in [0.29, 0.717) is 32.4 Å². The lowest BCUT2D eigenvalue weighted by molar-refractivity contribution is -0.134. The Labute approximate surface area is 203 Å². The summed E-state index contributed by atoms with van der Waals surface area (Å²) in [6.45, 7) is 5.30. The SMILES string of the molecule is Cc1csc(Sc2ccc(NC(=O)C3CCN(C(=O)CCc4ccccc4)CC3)c(C)c2)n1. The summed E-state index contributed by atoms with van der Waals surface area (Å²) in [5.41, 5.74) is 4.10. The number of carbonyl (C=O) groups excluding carboxylic acids is 2.